The van der Waals surface area contributed by atoms with Crippen molar-refractivity contribution in [1.29, 1.82) is 0 Å². The van der Waals surface area contributed by atoms with Crippen LogP contribution in [0.2, 0.25) is 0 Å². The van der Waals surface area contributed by atoms with Crippen LogP contribution in [0.4, 0.5) is 0 Å². The van der Waals surface area contributed by atoms with Crippen LogP contribution in [0.1, 0.15) is 50.3 Å². The largest absolute Gasteiger partial charge is 0.388 e. The molecule has 0 saturated carbocycles. The maximum absolute atomic E-state index is 10.1. The Bertz CT molecular complexity index is 455. The molecule has 0 saturated heterocycles. The molecule has 0 bridgehead atoms. The van der Waals surface area contributed by atoms with Gasteiger partial charge in [-0.1, -0.05) is 37.8 Å². The summed E-state index contributed by atoms with van der Waals surface area (Å²) in [5.41, 5.74) is 6.12. The molecule has 4 N–H and O–H groups in total. The molecule has 0 radical (unpaired) electrons. The topological polar surface area (TPSA) is 66.5 Å². The van der Waals surface area contributed by atoms with Crippen molar-refractivity contribution in [2.45, 2.75) is 44.8 Å². The Kier molecular flexibility index (Phi) is 6.04. The third-order valence-corrected chi connectivity index (χ3v) is 3.32. The smallest absolute Gasteiger partial charge is 0.125 e. The molecule has 0 aliphatic heterocycles. The molecule has 0 spiro atoms. The molecule has 104 valence electrons. The average molecular weight is 261 g/mol. The van der Waals surface area contributed by atoms with Gasteiger partial charge in [-0.2, -0.15) is 0 Å². The van der Waals surface area contributed by atoms with Crippen molar-refractivity contribution in [3.8, 4) is 11.8 Å². The lowest BCUT2D eigenvalue weighted by atomic mass is 9.97. The Hall–Kier alpha value is -1.34. The summed E-state index contributed by atoms with van der Waals surface area (Å²) in [6.45, 7) is 4.28. The highest BCUT2D eigenvalue weighted by Crippen LogP contribution is 2.17. The van der Waals surface area contributed by atoms with E-state index < -0.39 is 11.7 Å². The van der Waals surface area contributed by atoms with Crippen LogP contribution < -0.4 is 5.73 Å². The van der Waals surface area contributed by atoms with Gasteiger partial charge in [0.25, 0.3) is 0 Å². The predicted octanol–water partition coefficient (Wildman–Crippen LogP) is 1.97. The SMILES string of the molecule is CCC(O)(C#Cc1cccc(C(O)CCN)c1)CC. The Morgan fingerprint density at radius 2 is 2.00 bits per heavy atom. The van der Waals surface area contributed by atoms with Gasteiger partial charge in [0.1, 0.15) is 5.60 Å². The monoisotopic (exact) mass is 261 g/mol. The van der Waals surface area contributed by atoms with Gasteiger partial charge in [0.15, 0.2) is 0 Å². The molecule has 0 aliphatic rings. The molecule has 0 aromatic heterocycles. The average Bonchev–Trinajstić information content (AvgIpc) is 2.45. The zero-order valence-electron chi connectivity index (χ0n) is 11.7. The molecule has 0 amide bonds. The molecule has 3 heteroatoms. The summed E-state index contributed by atoms with van der Waals surface area (Å²) in [5.74, 6) is 5.89. The van der Waals surface area contributed by atoms with Crippen LogP contribution in [-0.2, 0) is 0 Å². The molecule has 1 aromatic rings. The zero-order chi connectivity index (χ0) is 14.3. The van der Waals surface area contributed by atoms with Crippen molar-refractivity contribution in [1.82, 2.24) is 0 Å². The zero-order valence-corrected chi connectivity index (χ0v) is 11.7. The first-order chi connectivity index (χ1) is 9.04. The lowest BCUT2D eigenvalue weighted by molar-refractivity contribution is 0.0931. The Labute approximate surface area is 115 Å². The van der Waals surface area contributed by atoms with E-state index in [1.807, 2.05) is 38.1 Å². The van der Waals surface area contributed by atoms with Crippen LogP contribution in [0.3, 0.4) is 0 Å². The molecule has 1 rings (SSSR count). The van der Waals surface area contributed by atoms with Gasteiger partial charge in [0.05, 0.1) is 6.10 Å². The van der Waals surface area contributed by atoms with E-state index in [0.717, 1.165) is 11.1 Å². The fraction of sp³-hybridized carbons (Fsp3) is 0.500. The van der Waals surface area contributed by atoms with E-state index in [9.17, 15) is 10.2 Å². The molecule has 3 nitrogen and oxygen atoms in total. The maximum Gasteiger partial charge on any atom is 0.125 e. The summed E-state index contributed by atoms with van der Waals surface area (Å²) >= 11 is 0. The quantitative estimate of drug-likeness (QED) is 0.710. The van der Waals surface area contributed by atoms with Gasteiger partial charge >= 0.3 is 0 Å². The van der Waals surface area contributed by atoms with Crippen molar-refractivity contribution < 1.29 is 10.2 Å². The van der Waals surface area contributed by atoms with Crippen LogP contribution in [0.15, 0.2) is 24.3 Å². The van der Waals surface area contributed by atoms with Gasteiger partial charge in [-0.05, 0) is 43.5 Å². The first kappa shape index (κ1) is 15.7. The number of nitrogens with two attached hydrogens (primary N) is 1. The van der Waals surface area contributed by atoms with Crippen molar-refractivity contribution in [2.24, 2.45) is 5.73 Å². The van der Waals surface area contributed by atoms with Gasteiger partial charge in [-0.25, -0.2) is 0 Å². The Balaban J connectivity index is 2.92. The maximum atomic E-state index is 10.1. The molecule has 1 atom stereocenters. The van der Waals surface area contributed by atoms with Gasteiger partial charge in [0.2, 0.25) is 0 Å². The van der Waals surface area contributed by atoms with E-state index in [1.54, 1.807) is 0 Å². The van der Waals surface area contributed by atoms with Gasteiger partial charge in [0, 0.05) is 5.56 Å². The molecule has 1 unspecified atom stereocenters. The van der Waals surface area contributed by atoms with E-state index in [-0.39, 0.29) is 0 Å². The van der Waals surface area contributed by atoms with E-state index in [4.69, 9.17) is 5.73 Å². The van der Waals surface area contributed by atoms with Crippen molar-refractivity contribution in [3.63, 3.8) is 0 Å². The van der Waals surface area contributed by atoms with Crippen LogP contribution >= 0.6 is 0 Å². The lowest BCUT2D eigenvalue weighted by Crippen LogP contribution is -2.23. The minimum Gasteiger partial charge on any atom is -0.388 e. The standard InChI is InChI=1S/C16H23NO2/c1-3-16(19,4-2)10-8-13-6-5-7-14(12-13)15(18)9-11-17/h5-7,12,15,18-19H,3-4,9,11,17H2,1-2H3. The van der Waals surface area contributed by atoms with Crippen LogP contribution in [0, 0.1) is 11.8 Å². The number of benzene rings is 1. The minimum absolute atomic E-state index is 0.447. The number of aliphatic hydroxyl groups excluding tert-OH is 1. The van der Waals surface area contributed by atoms with Crippen LogP contribution in [0.5, 0.6) is 0 Å². The first-order valence-electron chi connectivity index (χ1n) is 6.78. The summed E-state index contributed by atoms with van der Waals surface area (Å²) in [6.07, 6.45) is 1.19. The summed E-state index contributed by atoms with van der Waals surface area (Å²) in [7, 11) is 0. The third kappa shape index (κ3) is 4.68. The highest BCUT2D eigenvalue weighted by Gasteiger charge is 2.18. The summed E-state index contributed by atoms with van der Waals surface area (Å²) < 4.78 is 0. The first-order valence-corrected chi connectivity index (χ1v) is 6.78. The predicted molar refractivity (Wildman–Crippen MR) is 77.5 cm³/mol. The minimum atomic E-state index is -0.925. The number of aliphatic hydroxyl groups is 2. The second-order valence-electron chi connectivity index (χ2n) is 4.71. The van der Waals surface area contributed by atoms with Crippen molar-refractivity contribution in [2.75, 3.05) is 6.54 Å². The Morgan fingerprint density at radius 1 is 1.32 bits per heavy atom. The molecule has 0 aliphatic carbocycles. The van der Waals surface area contributed by atoms with Crippen LogP contribution in [-0.4, -0.2) is 22.4 Å². The second kappa shape index (κ2) is 7.30. The van der Waals surface area contributed by atoms with E-state index in [0.29, 0.717) is 25.8 Å². The molecule has 1 aromatic carbocycles. The Morgan fingerprint density at radius 3 is 2.58 bits per heavy atom. The van der Waals surface area contributed by atoms with Gasteiger partial charge in [-0.15, -0.1) is 0 Å². The third-order valence-electron chi connectivity index (χ3n) is 3.32. The van der Waals surface area contributed by atoms with Crippen molar-refractivity contribution in [3.05, 3.63) is 35.4 Å². The van der Waals surface area contributed by atoms with Gasteiger partial charge in [-0.3, -0.25) is 0 Å². The highest BCUT2D eigenvalue weighted by molar-refractivity contribution is 5.39. The highest BCUT2D eigenvalue weighted by atomic mass is 16.3. The number of hydrogen-bond donors (Lipinski definition) is 3. The molecular formula is C16H23NO2. The molecule has 0 fully saturated rings. The summed E-state index contributed by atoms with van der Waals surface area (Å²) in [4.78, 5) is 0. The van der Waals surface area contributed by atoms with E-state index in [1.165, 1.54) is 0 Å². The molecule has 0 heterocycles. The second-order valence-corrected chi connectivity index (χ2v) is 4.71. The lowest BCUT2D eigenvalue weighted by Gasteiger charge is -2.17. The molecular weight excluding hydrogens is 238 g/mol. The van der Waals surface area contributed by atoms with E-state index in [2.05, 4.69) is 11.8 Å². The fourth-order valence-corrected chi connectivity index (χ4v) is 1.76. The normalized spacial score (nSPS) is 12.7. The number of hydrogen-bond acceptors (Lipinski definition) is 3. The summed E-state index contributed by atoms with van der Waals surface area (Å²) in [6, 6.07) is 7.43. The van der Waals surface area contributed by atoms with E-state index >= 15 is 0 Å². The van der Waals surface area contributed by atoms with Crippen LogP contribution in [0.25, 0.3) is 0 Å². The van der Waals surface area contributed by atoms with Crippen molar-refractivity contribution >= 4 is 0 Å². The number of rotatable bonds is 5. The van der Waals surface area contributed by atoms with Gasteiger partial charge < -0.3 is 15.9 Å². The molecule has 19 heavy (non-hydrogen) atoms. The fourth-order valence-electron chi connectivity index (χ4n) is 1.76. The summed E-state index contributed by atoms with van der Waals surface area (Å²) in [5, 5.41) is 20.0.